The van der Waals surface area contributed by atoms with E-state index in [1.54, 1.807) is 6.20 Å². The second-order valence-electron chi connectivity index (χ2n) is 4.53. The molecule has 0 unspecified atom stereocenters. The van der Waals surface area contributed by atoms with Crippen molar-refractivity contribution in [1.82, 2.24) is 9.55 Å². The third kappa shape index (κ3) is 2.59. The number of hydrogen-bond acceptors (Lipinski definition) is 3. The van der Waals surface area contributed by atoms with Crippen molar-refractivity contribution in [3.8, 4) is 0 Å². The van der Waals surface area contributed by atoms with Crippen LogP contribution in [0.15, 0.2) is 34.0 Å². The van der Waals surface area contributed by atoms with Gasteiger partial charge in [0.2, 0.25) is 0 Å². The molecule has 0 fully saturated rings. The van der Waals surface area contributed by atoms with E-state index in [4.69, 9.17) is 5.73 Å². The summed E-state index contributed by atoms with van der Waals surface area (Å²) in [5, 5.41) is 0. The first-order chi connectivity index (χ1) is 9.02. The average Bonchev–Trinajstić information content (AvgIpc) is 2.38. The summed E-state index contributed by atoms with van der Waals surface area (Å²) in [6, 6.07) is 5.61. The molecule has 0 aliphatic heterocycles. The molecule has 19 heavy (non-hydrogen) atoms. The molecular formula is C14H17N3O2. The number of aryl methyl sites for hydroxylation is 1. The number of benzene rings is 1. The molecular weight excluding hydrogens is 242 g/mol. The average molecular weight is 259 g/mol. The topological polar surface area (TPSA) is 80.9 Å². The summed E-state index contributed by atoms with van der Waals surface area (Å²) >= 11 is 0. The van der Waals surface area contributed by atoms with E-state index in [2.05, 4.69) is 4.98 Å². The molecule has 1 aromatic heterocycles. The summed E-state index contributed by atoms with van der Waals surface area (Å²) in [5.74, 6) is 0. The van der Waals surface area contributed by atoms with Crippen LogP contribution in [-0.4, -0.2) is 9.55 Å². The molecule has 1 aromatic carbocycles. The fraction of sp³-hybridized carbons (Fsp3) is 0.286. The minimum absolute atomic E-state index is 0.312. The highest BCUT2D eigenvalue weighted by Crippen LogP contribution is 2.15. The molecule has 0 spiro atoms. The highest BCUT2D eigenvalue weighted by molar-refractivity contribution is 5.49. The van der Waals surface area contributed by atoms with Crippen molar-refractivity contribution in [3.05, 3.63) is 61.9 Å². The van der Waals surface area contributed by atoms with Crippen molar-refractivity contribution >= 4 is 5.69 Å². The third-order valence-electron chi connectivity index (χ3n) is 3.29. The van der Waals surface area contributed by atoms with Gasteiger partial charge in [0.25, 0.3) is 5.56 Å². The predicted octanol–water partition coefficient (Wildman–Crippen LogP) is 1.04. The number of anilines is 1. The van der Waals surface area contributed by atoms with Crippen LogP contribution in [0.1, 0.15) is 23.6 Å². The molecule has 0 radical (unpaired) electrons. The number of aromatic amines is 1. The third-order valence-corrected chi connectivity index (χ3v) is 3.29. The molecule has 0 bridgehead atoms. The first-order valence-corrected chi connectivity index (χ1v) is 6.19. The molecule has 0 aliphatic carbocycles. The molecule has 1 heterocycles. The van der Waals surface area contributed by atoms with Gasteiger partial charge in [-0.2, -0.15) is 0 Å². The fourth-order valence-electron chi connectivity index (χ4n) is 1.98. The minimum Gasteiger partial charge on any atom is -0.399 e. The first-order valence-electron chi connectivity index (χ1n) is 6.19. The van der Waals surface area contributed by atoms with E-state index in [0.717, 1.165) is 11.1 Å². The first kappa shape index (κ1) is 13.1. The monoisotopic (exact) mass is 259 g/mol. The van der Waals surface area contributed by atoms with E-state index in [1.807, 2.05) is 32.0 Å². The van der Waals surface area contributed by atoms with Gasteiger partial charge in [0.15, 0.2) is 0 Å². The molecule has 100 valence electrons. The van der Waals surface area contributed by atoms with Gasteiger partial charge in [0.1, 0.15) is 0 Å². The number of aromatic nitrogens is 2. The normalized spacial score (nSPS) is 10.6. The van der Waals surface area contributed by atoms with Gasteiger partial charge in [-0.3, -0.25) is 14.3 Å². The number of hydrogen-bond donors (Lipinski definition) is 2. The van der Waals surface area contributed by atoms with Crippen molar-refractivity contribution in [2.45, 2.75) is 26.8 Å². The Kier molecular flexibility index (Phi) is 3.55. The number of rotatable bonds is 3. The SMILES string of the molecule is CCc1cn(Cc2cccc(N)c2C)c(=O)[nH]c1=O. The van der Waals surface area contributed by atoms with E-state index >= 15 is 0 Å². The van der Waals surface area contributed by atoms with Gasteiger partial charge < -0.3 is 5.73 Å². The van der Waals surface area contributed by atoms with Crippen molar-refractivity contribution in [2.24, 2.45) is 0 Å². The van der Waals surface area contributed by atoms with E-state index < -0.39 is 5.69 Å². The molecule has 0 amide bonds. The highest BCUT2D eigenvalue weighted by atomic mass is 16.2. The van der Waals surface area contributed by atoms with Crippen LogP contribution in [0.25, 0.3) is 0 Å². The molecule has 0 saturated carbocycles. The number of H-pyrrole nitrogens is 1. The Balaban J connectivity index is 2.47. The van der Waals surface area contributed by atoms with Crippen LogP contribution in [0, 0.1) is 6.92 Å². The summed E-state index contributed by atoms with van der Waals surface area (Å²) in [4.78, 5) is 25.6. The summed E-state index contributed by atoms with van der Waals surface area (Å²) in [6.07, 6.45) is 2.20. The van der Waals surface area contributed by atoms with Crippen LogP contribution in [0.2, 0.25) is 0 Å². The number of nitrogens with two attached hydrogens (primary N) is 1. The smallest absolute Gasteiger partial charge is 0.328 e. The lowest BCUT2D eigenvalue weighted by Crippen LogP contribution is -2.32. The summed E-state index contributed by atoms with van der Waals surface area (Å²) in [5.41, 5.74) is 8.36. The number of nitrogen functional groups attached to an aromatic ring is 1. The highest BCUT2D eigenvalue weighted by Gasteiger charge is 2.06. The molecule has 5 nitrogen and oxygen atoms in total. The molecule has 2 aromatic rings. The molecule has 0 aliphatic rings. The molecule has 5 heteroatoms. The van der Waals surface area contributed by atoms with Crippen LogP contribution in [0.4, 0.5) is 5.69 Å². The molecule has 0 atom stereocenters. The zero-order chi connectivity index (χ0) is 14.0. The Hall–Kier alpha value is -2.30. The zero-order valence-corrected chi connectivity index (χ0v) is 11.1. The van der Waals surface area contributed by atoms with Crippen molar-refractivity contribution in [3.63, 3.8) is 0 Å². The van der Waals surface area contributed by atoms with E-state index in [0.29, 0.717) is 24.2 Å². The van der Waals surface area contributed by atoms with Gasteiger partial charge in [0, 0.05) is 17.4 Å². The van der Waals surface area contributed by atoms with Crippen molar-refractivity contribution in [1.29, 1.82) is 0 Å². The maximum atomic E-state index is 11.8. The maximum Gasteiger partial charge on any atom is 0.328 e. The largest absolute Gasteiger partial charge is 0.399 e. The summed E-state index contributed by atoms with van der Waals surface area (Å²) in [6.45, 7) is 4.20. The second-order valence-corrected chi connectivity index (χ2v) is 4.53. The van der Waals surface area contributed by atoms with E-state index in [9.17, 15) is 9.59 Å². The van der Waals surface area contributed by atoms with Gasteiger partial charge in [-0.15, -0.1) is 0 Å². The molecule has 0 saturated heterocycles. The Bertz CT molecular complexity index is 713. The Morgan fingerprint density at radius 2 is 2.00 bits per heavy atom. The summed E-state index contributed by atoms with van der Waals surface area (Å²) < 4.78 is 1.50. The van der Waals surface area contributed by atoms with Crippen LogP contribution in [0.3, 0.4) is 0 Å². The Labute approximate surface area is 110 Å². The predicted molar refractivity (Wildman–Crippen MR) is 75.4 cm³/mol. The van der Waals surface area contributed by atoms with Gasteiger partial charge in [-0.25, -0.2) is 4.79 Å². The maximum absolute atomic E-state index is 11.8. The molecule has 3 N–H and O–H groups in total. The van der Waals surface area contributed by atoms with Gasteiger partial charge >= 0.3 is 5.69 Å². The summed E-state index contributed by atoms with van der Waals surface area (Å²) in [7, 11) is 0. The minimum atomic E-state index is -0.399. The van der Waals surface area contributed by atoms with E-state index in [1.165, 1.54) is 4.57 Å². The lowest BCUT2D eigenvalue weighted by atomic mass is 10.1. The Morgan fingerprint density at radius 1 is 1.26 bits per heavy atom. The molecule has 2 rings (SSSR count). The van der Waals surface area contributed by atoms with Crippen LogP contribution < -0.4 is 17.0 Å². The zero-order valence-electron chi connectivity index (χ0n) is 11.1. The fourth-order valence-corrected chi connectivity index (χ4v) is 1.98. The number of nitrogens with one attached hydrogen (secondary N) is 1. The van der Waals surface area contributed by atoms with Crippen LogP contribution in [0.5, 0.6) is 0 Å². The van der Waals surface area contributed by atoms with E-state index in [-0.39, 0.29) is 5.56 Å². The second kappa shape index (κ2) is 5.14. The lowest BCUT2D eigenvalue weighted by Gasteiger charge is -2.10. The van der Waals surface area contributed by atoms with Crippen LogP contribution >= 0.6 is 0 Å². The van der Waals surface area contributed by atoms with Crippen molar-refractivity contribution < 1.29 is 0 Å². The number of nitrogens with zero attached hydrogens (tertiary/aromatic N) is 1. The van der Waals surface area contributed by atoms with Gasteiger partial charge in [-0.05, 0) is 30.5 Å². The Morgan fingerprint density at radius 3 is 2.68 bits per heavy atom. The van der Waals surface area contributed by atoms with Crippen LogP contribution in [-0.2, 0) is 13.0 Å². The van der Waals surface area contributed by atoms with Gasteiger partial charge in [0.05, 0.1) is 6.54 Å². The van der Waals surface area contributed by atoms with Gasteiger partial charge in [-0.1, -0.05) is 19.1 Å². The standard InChI is InChI=1S/C14H17N3O2/c1-3-10-7-17(14(19)16-13(10)18)8-11-5-4-6-12(15)9(11)2/h4-7H,3,8,15H2,1-2H3,(H,16,18,19). The lowest BCUT2D eigenvalue weighted by molar-refractivity contribution is 0.705. The quantitative estimate of drug-likeness (QED) is 0.808. The van der Waals surface area contributed by atoms with Crippen molar-refractivity contribution in [2.75, 3.05) is 5.73 Å².